The van der Waals surface area contributed by atoms with Gasteiger partial charge in [0, 0.05) is 18.9 Å². The van der Waals surface area contributed by atoms with Gasteiger partial charge in [-0.15, -0.1) is 0 Å². The highest BCUT2D eigenvalue weighted by molar-refractivity contribution is 8.05. The lowest BCUT2D eigenvalue weighted by molar-refractivity contribution is 0.611. The predicted molar refractivity (Wildman–Crippen MR) is 40.7 cm³/mol. The molecule has 1 rings (SSSR count). The van der Waals surface area contributed by atoms with Crippen LogP contribution in [0.15, 0.2) is 17.3 Å². The topological polar surface area (TPSA) is 46.5 Å². The molecule has 0 bridgehead atoms. The second kappa shape index (κ2) is 2.54. The minimum Gasteiger partial charge on any atom is -0.250 e. The van der Waals surface area contributed by atoms with E-state index in [1.165, 1.54) is 6.26 Å². The highest BCUT2D eigenvalue weighted by Gasteiger charge is 2.12. The Kier molecular flexibility index (Phi) is 1.89. The zero-order valence-corrected chi connectivity index (χ0v) is 6.56. The summed E-state index contributed by atoms with van der Waals surface area (Å²) in [5.41, 5.74) is 0. The van der Waals surface area contributed by atoms with Gasteiger partial charge in [0.25, 0.3) is 0 Å². The van der Waals surface area contributed by atoms with Gasteiger partial charge in [-0.1, -0.05) is 6.08 Å². The number of aliphatic imine (C=N–C) groups is 1. The Morgan fingerprint density at radius 3 is 2.60 bits per heavy atom. The molecule has 10 heavy (non-hydrogen) atoms. The van der Waals surface area contributed by atoms with Gasteiger partial charge in [-0.2, -0.15) is 0 Å². The maximum Gasteiger partial charge on any atom is 0.188 e. The molecule has 3 nitrogen and oxygen atoms in total. The molecule has 0 amide bonds. The van der Waals surface area contributed by atoms with Gasteiger partial charge >= 0.3 is 0 Å². The van der Waals surface area contributed by atoms with E-state index in [9.17, 15) is 8.42 Å². The monoisotopic (exact) mass is 159 g/mol. The Balaban J connectivity index is 2.93. The number of allylic oxidation sites excluding steroid dienone is 1. The molecular weight excluding hydrogens is 150 g/mol. The van der Waals surface area contributed by atoms with Crippen molar-refractivity contribution in [2.24, 2.45) is 4.99 Å². The van der Waals surface area contributed by atoms with Crippen LogP contribution < -0.4 is 0 Å². The summed E-state index contributed by atoms with van der Waals surface area (Å²) in [6, 6.07) is 0. The molecule has 0 saturated heterocycles. The minimum absolute atomic E-state index is 0.301. The molecule has 0 radical (unpaired) electrons. The molecular formula is C6H9NO2S. The first-order valence-corrected chi connectivity index (χ1v) is 4.91. The van der Waals surface area contributed by atoms with Gasteiger partial charge < -0.3 is 0 Å². The third-order valence-corrected chi connectivity index (χ3v) is 2.44. The molecule has 0 aromatic rings. The number of nitrogens with zero attached hydrogens (tertiary/aromatic N) is 1. The van der Waals surface area contributed by atoms with E-state index >= 15 is 0 Å². The van der Waals surface area contributed by atoms with E-state index in [4.69, 9.17) is 0 Å². The number of rotatable bonds is 0. The number of sulfone groups is 1. The van der Waals surface area contributed by atoms with Crippen molar-refractivity contribution >= 4 is 14.9 Å². The van der Waals surface area contributed by atoms with Crippen LogP contribution in [0.1, 0.15) is 12.8 Å². The molecule has 0 spiro atoms. The molecule has 1 heterocycles. The number of hydrogen-bond acceptors (Lipinski definition) is 3. The van der Waals surface area contributed by atoms with Gasteiger partial charge in [-0.05, 0) is 6.42 Å². The van der Waals surface area contributed by atoms with Gasteiger partial charge in [0.2, 0.25) is 0 Å². The van der Waals surface area contributed by atoms with Gasteiger partial charge in [0.1, 0.15) is 5.04 Å². The maximum atomic E-state index is 10.8. The van der Waals surface area contributed by atoms with Crippen molar-refractivity contribution in [2.45, 2.75) is 12.8 Å². The Bertz CT molecular complexity index is 274. The van der Waals surface area contributed by atoms with Crippen LogP contribution in [-0.2, 0) is 9.84 Å². The summed E-state index contributed by atoms with van der Waals surface area (Å²) in [5, 5.41) is 0.301. The smallest absolute Gasteiger partial charge is 0.188 e. The van der Waals surface area contributed by atoms with Gasteiger partial charge in [0.15, 0.2) is 9.84 Å². The quantitative estimate of drug-likeness (QED) is 0.523. The first-order valence-electron chi connectivity index (χ1n) is 3.02. The van der Waals surface area contributed by atoms with Crippen molar-refractivity contribution in [1.29, 1.82) is 0 Å². The van der Waals surface area contributed by atoms with E-state index in [-0.39, 0.29) is 0 Å². The first-order chi connectivity index (χ1) is 4.61. The van der Waals surface area contributed by atoms with E-state index in [1.807, 2.05) is 6.08 Å². The van der Waals surface area contributed by atoms with Crippen LogP contribution in [0.3, 0.4) is 0 Å². The average molecular weight is 159 g/mol. The summed E-state index contributed by atoms with van der Waals surface area (Å²) >= 11 is 0. The zero-order chi connectivity index (χ0) is 7.61. The molecule has 1 aliphatic rings. The van der Waals surface area contributed by atoms with Crippen LogP contribution in [0.2, 0.25) is 0 Å². The number of hydrogen-bond donors (Lipinski definition) is 0. The summed E-state index contributed by atoms with van der Waals surface area (Å²) in [6.45, 7) is 0. The molecule has 0 aromatic heterocycles. The SMILES string of the molecule is CS(=O)(=O)C1=NC=CCC1. The average Bonchev–Trinajstić information content (AvgIpc) is 1.88. The molecule has 1 aliphatic heterocycles. The summed E-state index contributed by atoms with van der Waals surface area (Å²) in [4.78, 5) is 3.75. The van der Waals surface area contributed by atoms with Gasteiger partial charge in [-0.3, -0.25) is 0 Å². The van der Waals surface area contributed by atoms with Crippen LogP contribution in [0.25, 0.3) is 0 Å². The van der Waals surface area contributed by atoms with Crippen LogP contribution in [0.5, 0.6) is 0 Å². The Morgan fingerprint density at radius 1 is 1.60 bits per heavy atom. The Hall–Kier alpha value is -0.640. The van der Waals surface area contributed by atoms with Crippen LogP contribution >= 0.6 is 0 Å². The molecule has 0 unspecified atom stereocenters. The fraction of sp³-hybridized carbons (Fsp3) is 0.500. The van der Waals surface area contributed by atoms with Crippen molar-refractivity contribution < 1.29 is 8.42 Å². The van der Waals surface area contributed by atoms with Crippen molar-refractivity contribution in [3.8, 4) is 0 Å². The molecule has 0 aliphatic carbocycles. The normalized spacial score (nSPS) is 18.7. The highest BCUT2D eigenvalue weighted by atomic mass is 32.2. The summed E-state index contributed by atoms with van der Waals surface area (Å²) in [7, 11) is -3.03. The lowest BCUT2D eigenvalue weighted by atomic mass is 10.3. The Labute approximate surface area is 60.4 Å². The summed E-state index contributed by atoms with van der Waals surface area (Å²) in [6.07, 6.45) is 5.92. The second-order valence-corrected chi connectivity index (χ2v) is 4.23. The summed E-state index contributed by atoms with van der Waals surface area (Å²) < 4.78 is 21.6. The second-order valence-electron chi connectivity index (χ2n) is 2.22. The van der Waals surface area contributed by atoms with Gasteiger partial charge in [0.05, 0.1) is 0 Å². The molecule has 0 N–H and O–H groups in total. The Morgan fingerprint density at radius 2 is 2.30 bits per heavy atom. The van der Waals surface area contributed by atoms with E-state index in [2.05, 4.69) is 4.99 Å². The predicted octanol–water partition coefficient (Wildman–Crippen LogP) is 0.737. The van der Waals surface area contributed by atoms with Crippen LogP contribution in [0.4, 0.5) is 0 Å². The van der Waals surface area contributed by atoms with Crippen LogP contribution in [0, 0.1) is 0 Å². The van der Waals surface area contributed by atoms with Crippen molar-refractivity contribution in [3.05, 3.63) is 12.3 Å². The largest absolute Gasteiger partial charge is 0.250 e. The van der Waals surface area contributed by atoms with E-state index < -0.39 is 9.84 Å². The van der Waals surface area contributed by atoms with E-state index in [1.54, 1.807) is 6.20 Å². The van der Waals surface area contributed by atoms with Crippen molar-refractivity contribution in [3.63, 3.8) is 0 Å². The fourth-order valence-corrected chi connectivity index (χ4v) is 1.50. The van der Waals surface area contributed by atoms with Crippen molar-refractivity contribution in [2.75, 3.05) is 6.26 Å². The highest BCUT2D eigenvalue weighted by Crippen LogP contribution is 2.06. The molecule has 0 saturated carbocycles. The molecule has 0 aromatic carbocycles. The molecule has 4 heteroatoms. The third-order valence-electron chi connectivity index (χ3n) is 1.28. The maximum absolute atomic E-state index is 10.8. The van der Waals surface area contributed by atoms with Gasteiger partial charge in [-0.25, -0.2) is 13.4 Å². The molecule has 56 valence electrons. The standard InChI is InChI=1S/C6H9NO2S/c1-10(8,9)6-4-2-3-5-7-6/h3,5H,2,4H2,1H3. The molecule has 0 fully saturated rings. The third kappa shape index (κ3) is 1.67. The lowest BCUT2D eigenvalue weighted by Gasteiger charge is -2.03. The van der Waals surface area contributed by atoms with E-state index in [0.29, 0.717) is 11.5 Å². The minimum atomic E-state index is -3.03. The lowest BCUT2D eigenvalue weighted by Crippen LogP contribution is -2.13. The zero-order valence-electron chi connectivity index (χ0n) is 5.74. The first kappa shape index (κ1) is 7.47. The van der Waals surface area contributed by atoms with E-state index in [0.717, 1.165) is 6.42 Å². The van der Waals surface area contributed by atoms with Crippen molar-refractivity contribution in [1.82, 2.24) is 0 Å². The van der Waals surface area contributed by atoms with Crippen LogP contribution in [-0.4, -0.2) is 19.7 Å². The fourth-order valence-electron chi connectivity index (χ4n) is 0.763. The molecule has 0 atom stereocenters. The summed E-state index contributed by atoms with van der Waals surface area (Å²) in [5.74, 6) is 0.